The Labute approximate surface area is 203 Å². The fraction of sp³-hybridized carbons (Fsp3) is 0.536. The van der Waals surface area contributed by atoms with Crippen molar-refractivity contribution in [1.82, 2.24) is 14.7 Å². The van der Waals surface area contributed by atoms with Crippen LogP contribution in [0.1, 0.15) is 43.2 Å². The average Bonchev–Trinajstić information content (AvgIpc) is 2.89. The molecule has 5 rings (SSSR count). The first-order valence-corrected chi connectivity index (χ1v) is 13.9. The maximum Gasteiger partial charge on any atom is 0.236 e. The minimum Gasteiger partial charge on any atom is -0.339 e. The van der Waals surface area contributed by atoms with Crippen molar-refractivity contribution in [3.8, 4) is 11.1 Å². The van der Waals surface area contributed by atoms with Crippen LogP contribution in [0, 0.1) is 0 Å². The molecule has 1 saturated heterocycles. The van der Waals surface area contributed by atoms with Crippen LogP contribution in [0.2, 0.25) is 0 Å². The Balaban J connectivity index is 1.15. The molecular formula is C28H37N3OS. The fourth-order valence-corrected chi connectivity index (χ4v) is 6.26. The fourth-order valence-electron chi connectivity index (χ4n) is 5.80. The Kier molecular flexibility index (Phi) is 7.39. The predicted octanol–water partition coefficient (Wildman–Crippen LogP) is 4.91. The molecule has 0 N–H and O–H groups in total. The molecule has 2 aliphatic heterocycles. The second-order valence-corrected chi connectivity index (χ2v) is 10.8. The Bertz CT molecular complexity index is 963. The summed E-state index contributed by atoms with van der Waals surface area (Å²) in [6.07, 6.45) is 10.0. The van der Waals surface area contributed by atoms with Gasteiger partial charge in [0.15, 0.2) is 0 Å². The third-order valence-electron chi connectivity index (χ3n) is 7.82. The van der Waals surface area contributed by atoms with Crippen LogP contribution in [0.4, 0.5) is 0 Å². The van der Waals surface area contributed by atoms with Gasteiger partial charge in [0.05, 0.1) is 6.54 Å². The van der Waals surface area contributed by atoms with Gasteiger partial charge in [-0.25, -0.2) is 0 Å². The second kappa shape index (κ2) is 10.6. The standard InChI is InChI=1S/C28H37N3OS/c1-33-27-9-5-6-22(19-27)23-10-11-25-20-29(13-12-24(25)18-23)21-28(32)31-16-14-30(15-17-31)26-7-3-2-4-8-26/h5-6,9-11,18-19,26H,2-4,7-8,12-17,20-21H2,1H3. The molecule has 1 amide bonds. The number of hydrogen-bond acceptors (Lipinski definition) is 4. The molecule has 0 radical (unpaired) electrons. The van der Waals surface area contributed by atoms with Gasteiger partial charge in [0.25, 0.3) is 0 Å². The summed E-state index contributed by atoms with van der Waals surface area (Å²) in [6, 6.07) is 16.4. The highest BCUT2D eigenvalue weighted by molar-refractivity contribution is 7.98. The lowest BCUT2D eigenvalue weighted by atomic mass is 9.94. The van der Waals surface area contributed by atoms with Crippen LogP contribution in [-0.4, -0.2) is 72.2 Å². The van der Waals surface area contributed by atoms with Gasteiger partial charge in [-0.05, 0) is 59.9 Å². The van der Waals surface area contributed by atoms with E-state index in [-0.39, 0.29) is 0 Å². The summed E-state index contributed by atoms with van der Waals surface area (Å²) in [5.74, 6) is 0.312. The lowest BCUT2D eigenvalue weighted by Gasteiger charge is -2.41. The molecule has 0 atom stereocenters. The Morgan fingerprint density at radius 1 is 0.909 bits per heavy atom. The highest BCUT2D eigenvalue weighted by Gasteiger charge is 2.28. The summed E-state index contributed by atoms with van der Waals surface area (Å²) in [4.78, 5) is 21.4. The molecule has 0 spiro atoms. The number of carbonyl (C=O) groups excluding carboxylic acids is 1. The maximum absolute atomic E-state index is 13.0. The van der Waals surface area contributed by atoms with Crippen LogP contribution in [0.25, 0.3) is 11.1 Å². The van der Waals surface area contributed by atoms with E-state index in [2.05, 4.69) is 63.4 Å². The largest absolute Gasteiger partial charge is 0.339 e. The van der Waals surface area contributed by atoms with Gasteiger partial charge in [0.2, 0.25) is 5.91 Å². The first-order valence-electron chi connectivity index (χ1n) is 12.7. The van der Waals surface area contributed by atoms with Gasteiger partial charge >= 0.3 is 0 Å². The normalized spacial score (nSPS) is 20.6. The maximum atomic E-state index is 13.0. The molecule has 176 valence electrons. The molecule has 2 aromatic rings. The predicted molar refractivity (Wildman–Crippen MR) is 138 cm³/mol. The number of fused-ring (bicyclic) bond motifs is 1. The number of amides is 1. The summed E-state index contributed by atoms with van der Waals surface area (Å²) in [5.41, 5.74) is 5.40. The van der Waals surface area contributed by atoms with Crippen LogP contribution in [0.15, 0.2) is 47.4 Å². The molecule has 4 nitrogen and oxygen atoms in total. The molecule has 0 bridgehead atoms. The summed E-state index contributed by atoms with van der Waals surface area (Å²) < 4.78 is 0. The zero-order chi connectivity index (χ0) is 22.6. The average molecular weight is 464 g/mol. The minimum absolute atomic E-state index is 0.312. The van der Waals surface area contributed by atoms with Gasteiger partial charge in [-0.1, -0.05) is 49.6 Å². The lowest BCUT2D eigenvalue weighted by Crippen LogP contribution is -2.54. The van der Waals surface area contributed by atoms with E-state index in [9.17, 15) is 4.79 Å². The molecule has 3 aliphatic rings. The van der Waals surface area contributed by atoms with E-state index >= 15 is 0 Å². The number of benzene rings is 2. The van der Waals surface area contributed by atoms with E-state index in [0.717, 1.165) is 51.7 Å². The number of carbonyl (C=O) groups is 1. The third-order valence-corrected chi connectivity index (χ3v) is 8.54. The first kappa shape index (κ1) is 22.9. The smallest absolute Gasteiger partial charge is 0.236 e. The van der Waals surface area contributed by atoms with Gasteiger partial charge < -0.3 is 4.90 Å². The molecule has 0 aromatic heterocycles. The first-order chi connectivity index (χ1) is 16.2. The molecule has 2 aromatic carbocycles. The van der Waals surface area contributed by atoms with E-state index in [1.807, 2.05) is 0 Å². The topological polar surface area (TPSA) is 26.8 Å². The van der Waals surface area contributed by atoms with E-state index < -0.39 is 0 Å². The molecular weight excluding hydrogens is 426 g/mol. The lowest BCUT2D eigenvalue weighted by molar-refractivity contribution is -0.134. The van der Waals surface area contributed by atoms with Crippen LogP contribution in [0.5, 0.6) is 0 Å². The summed E-state index contributed by atoms with van der Waals surface area (Å²) in [7, 11) is 0. The monoisotopic (exact) mass is 463 g/mol. The van der Waals surface area contributed by atoms with Gasteiger partial charge in [-0.15, -0.1) is 11.8 Å². The van der Waals surface area contributed by atoms with Crippen molar-refractivity contribution < 1.29 is 4.79 Å². The van der Waals surface area contributed by atoms with E-state index in [0.29, 0.717) is 12.5 Å². The van der Waals surface area contributed by atoms with Gasteiger partial charge in [-0.3, -0.25) is 14.6 Å². The van der Waals surface area contributed by atoms with Crippen LogP contribution < -0.4 is 0 Å². The zero-order valence-electron chi connectivity index (χ0n) is 20.0. The van der Waals surface area contributed by atoms with Crippen molar-refractivity contribution in [2.24, 2.45) is 0 Å². The quantitative estimate of drug-likeness (QED) is 0.589. The molecule has 2 heterocycles. The van der Waals surface area contributed by atoms with Crippen molar-refractivity contribution in [2.45, 2.75) is 56.0 Å². The third kappa shape index (κ3) is 5.47. The number of piperazine rings is 1. The van der Waals surface area contributed by atoms with Gasteiger partial charge in [0, 0.05) is 50.2 Å². The summed E-state index contributed by atoms with van der Waals surface area (Å²) in [6.45, 7) is 6.32. The SMILES string of the molecule is CSc1cccc(-c2ccc3c(c2)CCN(CC(=O)N2CCN(C4CCCCC4)CC2)C3)c1. The van der Waals surface area contributed by atoms with Crippen molar-refractivity contribution in [2.75, 3.05) is 45.5 Å². The van der Waals surface area contributed by atoms with Crippen LogP contribution in [-0.2, 0) is 17.8 Å². The zero-order valence-corrected chi connectivity index (χ0v) is 20.8. The van der Waals surface area contributed by atoms with Crippen molar-refractivity contribution in [3.63, 3.8) is 0 Å². The van der Waals surface area contributed by atoms with Crippen LogP contribution in [0.3, 0.4) is 0 Å². The van der Waals surface area contributed by atoms with Crippen molar-refractivity contribution >= 4 is 17.7 Å². The number of hydrogen-bond donors (Lipinski definition) is 0. The van der Waals surface area contributed by atoms with Gasteiger partial charge in [0.1, 0.15) is 0 Å². The van der Waals surface area contributed by atoms with E-state index in [1.54, 1.807) is 11.8 Å². The van der Waals surface area contributed by atoms with Crippen LogP contribution >= 0.6 is 11.8 Å². The summed E-state index contributed by atoms with van der Waals surface area (Å²) >= 11 is 1.79. The molecule has 1 saturated carbocycles. The highest BCUT2D eigenvalue weighted by Crippen LogP contribution is 2.29. The highest BCUT2D eigenvalue weighted by atomic mass is 32.2. The number of nitrogens with zero attached hydrogens (tertiary/aromatic N) is 3. The Morgan fingerprint density at radius 2 is 1.70 bits per heavy atom. The molecule has 1 aliphatic carbocycles. The van der Waals surface area contributed by atoms with Crippen molar-refractivity contribution in [3.05, 3.63) is 53.6 Å². The molecule has 5 heteroatoms. The van der Waals surface area contributed by atoms with Gasteiger partial charge in [-0.2, -0.15) is 0 Å². The Hall–Kier alpha value is -1.82. The molecule has 2 fully saturated rings. The van der Waals surface area contributed by atoms with E-state index in [1.165, 1.54) is 59.3 Å². The minimum atomic E-state index is 0.312. The summed E-state index contributed by atoms with van der Waals surface area (Å²) in [5, 5.41) is 0. The Morgan fingerprint density at radius 3 is 2.48 bits per heavy atom. The van der Waals surface area contributed by atoms with Crippen molar-refractivity contribution in [1.29, 1.82) is 0 Å². The molecule has 0 unspecified atom stereocenters. The molecule has 33 heavy (non-hydrogen) atoms. The number of rotatable bonds is 5. The second-order valence-electron chi connectivity index (χ2n) is 9.88. The van der Waals surface area contributed by atoms with E-state index in [4.69, 9.17) is 0 Å². The number of thioether (sulfide) groups is 1.